The van der Waals surface area contributed by atoms with Gasteiger partial charge in [0.05, 0.1) is 5.69 Å². The molecule has 138 valence electrons. The summed E-state index contributed by atoms with van der Waals surface area (Å²) in [6.07, 6.45) is 2.34. The molecule has 1 aromatic carbocycles. The topological polar surface area (TPSA) is 50.0 Å². The second-order valence-corrected chi connectivity index (χ2v) is 13.5. The summed E-state index contributed by atoms with van der Waals surface area (Å²) in [5, 5.41) is 13.2. The zero-order chi connectivity index (χ0) is 19.1. The van der Waals surface area contributed by atoms with Crippen molar-refractivity contribution >= 4 is 19.7 Å². The number of hydrogen-bond acceptors (Lipinski definition) is 3. The highest BCUT2D eigenvalue weighted by Gasteiger charge is 2.38. The maximum atomic E-state index is 9.59. The quantitative estimate of drug-likeness (QED) is 0.647. The monoisotopic (exact) mass is 367 g/mol. The van der Waals surface area contributed by atoms with Crippen molar-refractivity contribution in [3.05, 3.63) is 41.7 Å². The second-order valence-electron chi connectivity index (χ2n) is 8.77. The van der Waals surface area contributed by atoms with Gasteiger partial charge in [-0.05, 0) is 68.2 Å². The number of anilines is 2. The van der Waals surface area contributed by atoms with Gasteiger partial charge in [-0.15, -0.1) is 0 Å². The Kier molecular flexibility index (Phi) is 4.66. The molecule has 2 aromatic rings. The lowest BCUT2D eigenvalue weighted by molar-refractivity contribution is 0.492. The van der Waals surface area contributed by atoms with Crippen LogP contribution in [0.2, 0.25) is 18.1 Å². The van der Waals surface area contributed by atoms with Crippen molar-refractivity contribution < 1.29 is 4.43 Å². The van der Waals surface area contributed by atoms with Crippen LogP contribution in [-0.4, -0.2) is 12.9 Å². The van der Waals surface area contributed by atoms with Gasteiger partial charge in [0.1, 0.15) is 17.5 Å². The molecule has 0 saturated heterocycles. The molecule has 1 fully saturated rings. The molecule has 1 aliphatic carbocycles. The average molecular weight is 368 g/mol. The smallest absolute Gasteiger partial charge is 0.250 e. The summed E-state index contributed by atoms with van der Waals surface area (Å²) < 4.78 is 8.50. The predicted octanol–water partition coefficient (Wildman–Crippen LogP) is 6.13. The number of aryl methyl sites for hydroxylation is 1. The number of rotatable bonds is 5. The van der Waals surface area contributed by atoms with E-state index in [4.69, 9.17) is 4.43 Å². The minimum absolute atomic E-state index is 0.175. The molecule has 1 N–H and O–H groups in total. The molecule has 1 saturated carbocycles. The van der Waals surface area contributed by atoms with Crippen molar-refractivity contribution in [3.63, 3.8) is 0 Å². The van der Waals surface area contributed by atoms with Crippen molar-refractivity contribution in [3.8, 4) is 11.8 Å². The van der Waals surface area contributed by atoms with E-state index in [2.05, 4.69) is 62.8 Å². The minimum Gasteiger partial charge on any atom is -0.544 e. The molecule has 0 aliphatic heterocycles. The largest absolute Gasteiger partial charge is 0.544 e. The van der Waals surface area contributed by atoms with Crippen LogP contribution in [0.3, 0.4) is 0 Å². The van der Waals surface area contributed by atoms with Gasteiger partial charge in [0, 0.05) is 17.4 Å². The van der Waals surface area contributed by atoms with E-state index >= 15 is 0 Å². The zero-order valence-electron chi connectivity index (χ0n) is 16.7. The molecule has 1 aromatic heterocycles. The van der Waals surface area contributed by atoms with E-state index in [1.165, 1.54) is 12.8 Å². The van der Waals surface area contributed by atoms with E-state index in [-0.39, 0.29) is 5.04 Å². The summed E-state index contributed by atoms with van der Waals surface area (Å²) in [5.74, 6) is 0.911. The van der Waals surface area contributed by atoms with Gasteiger partial charge in [0.25, 0.3) is 0 Å². The molecule has 0 radical (unpaired) electrons. The summed E-state index contributed by atoms with van der Waals surface area (Å²) in [5.41, 5.74) is 3.73. The van der Waals surface area contributed by atoms with Gasteiger partial charge < -0.3 is 14.3 Å². The molecule has 0 bridgehead atoms. The highest BCUT2D eigenvalue weighted by atomic mass is 28.4. The van der Waals surface area contributed by atoms with Crippen LogP contribution in [0.25, 0.3) is 0 Å². The van der Waals surface area contributed by atoms with Gasteiger partial charge >= 0.3 is 0 Å². The molecular weight excluding hydrogens is 338 g/mol. The van der Waals surface area contributed by atoms with Crippen LogP contribution in [0.4, 0.5) is 11.4 Å². The molecule has 1 heterocycles. The van der Waals surface area contributed by atoms with Gasteiger partial charge in [0.2, 0.25) is 8.32 Å². The molecule has 0 amide bonds. The summed E-state index contributed by atoms with van der Waals surface area (Å²) in [6, 6.07) is 13.0. The van der Waals surface area contributed by atoms with Crippen LogP contribution in [0.15, 0.2) is 30.3 Å². The van der Waals surface area contributed by atoms with Crippen molar-refractivity contribution in [2.45, 2.75) is 64.7 Å². The first kappa shape index (κ1) is 18.6. The standard InChI is InChI=1S/C21H29N3OSi/c1-15-13-19(20(14-22)24(15)17-9-10-17)23-16-7-11-18(12-8-16)25-26(5,6)21(2,3)4/h7-8,11-13,17,23H,9-10H2,1-6H3. The first-order chi connectivity index (χ1) is 12.1. The number of aromatic nitrogens is 1. The summed E-state index contributed by atoms with van der Waals surface area (Å²) in [7, 11) is -1.83. The van der Waals surface area contributed by atoms with Crippen molar-refractivity contribution in [1.29, 1.82) is 5.26 Å². The van der Waals surface area contributed by atoms with Crippen molar-refractivity contribution in [2.75, 3.05) is 5.32 Å². The number of benzene rings is 1. The third kappa shape index (κ3) is 3.66. The van der Waals surface area contributed by atoms with E-state index in [0.29, 0.717) is 6.04 Å². The van der Waals surface area contributed by atoms with Gasteiger partial charge in [-0.25, -0.2) is 0 Å². The van der Waals surface area contributed by atoms with E-state index in [1.54, 1.807) is 0 Å². The molecule has 0 spiro atoms. The highest BCUT2D eigenvalue weighted by Crippen LogP contribution is 2.40. The third-order valence-electron chi connectivity index (χ3n) is 5.56. The Morgan fingerprint density at radius 1 is 1.19 bits per heavy atom. The fraction of sp³-hybridized carbons (Fsp3) is 0.476. The lowest BCUT2D eigenvalue weighted by Crippen LogP contribution is -2.43. The Balaban J connectivity index is 1.77. The fourth-order valence-corrected chi connectivity index (χ4v) is 3.91. The van der Waals surface area contributed by atoms with Crippen molar-refractivity contribution in [1.82, 2.24) is 4.57 Å². The Labute approximate surface area is 157 Å². The maximum absolute atomic E-state index is 9.59. The number of nitrogens with zero attached hydrogens (tertiary/aromatic N) is 2. The Morgan fingerprint density at radius 2 is 1.81 bits per heavy atom. The van der Waals surface area contributed by atoms with Gasteiger partial charge in [-0.1, -0.05) is 20.8 Å². The SMILES string of the molecule is Cc1cc(Nc2ccc(O[Si](C)(C)C(C)(C)C)cc2)c(C#N)n1C1CC1. The molecule has 26 heavy (non-hydrogen) atoms. The van der Waals surface area contributed by atoms with Crippen LogP contribution in [-0.2, 0) is 0 Å². The fourth-order valence-electron chi connectivity index (χ4n) is 2.88. The van der Waals surface area contributed by atoms with Crippen LogP contribution in [0.5, 0.6) is 5.75 Å². The summed E-state index contributed by atoms with van der Waals surface area (Å²) >= 11 is 0. The summed E-state index contributed by atoms with van der Waals surface area (Å²) in [6.45, 7) is 13.3. The predicted molar refractivity (Wildman–Crippen MR) is 110 cm³/mol. The lowest BCUT2D eigenvalue weighted by atomic mass is 10.2. The van der Waals surface area contributed by atoms with E-state index in [0.717, 1.165) is 28.5 Å². The number of nitriles is 1. The maximum Gasteiger partial charge on any atom is 0.250 e. The zero-order valence-corrected chi connectivity index (χ0v) is 17.7. The molecule has 0 unspecified atom stereocenters. The molecule has 1 aliphatic rings. The van der Waals surface area contributed by atoms with Crippen LogP contribution in [0, 0.1) is 18.3 Å². The summed E-state index contributed by atoms with van der Waals surface area (Å²) in [4.78, 5) is 0. The molecule has 3 rings (SSSR count). The number of hydrogen-bond donors (Lipinski definition) is 1. The van der Waals surface area contributed by atoms with Crippen LogP contribution in [0.1, 0.15) is 51.0 Å². The molecule has 4 nitrogen and oxygen atoms in total. The third-order valence-corrected chi connectivity index (χ3v) is 9.92. The van der Waals surface area contributed by atoms with E-state index in [9.17, 15) is 5.26 Å². The van der Waals surface area contributed by atoms with Crippen molar-refractivity contribution in [2.24, 2.45) is 0 Å². The van der Waals surface area contributed by atoms with E-state index < -0.39 is 8.32 Å². The number of nitrogens with one attached hydrogen (secondary N) is 1. The Morgan fingerprint density at radius 3 is 2.31 bits per heavy atom. The van der Waals surface area contributed by atoms with Crippen LogP contribution >= 0.6 is 0 Å². The van der Waals surface area contributed by atoms with Crippen LogP contribution < -0.4 is 9.74 Å². The Bertz CT molecular complexity index is 834. The normalized spacial score (nSPS) is 14.8. The molecule has 5 heteroatoms. The Hall–Kier alpha value is -2.19. The van der Waals surface area contributed by atoms with Gasteiger partial charge in [0.15, 0.2) is 0 Å². The van der Waals surface area contributed by atoms with Gasteiger partial charge in [-0.2, -0.15) is 5.26 Å². The first-order valence-corrected chi connectivity index (χ1v) is 12.2. The minimum atomic E-state index is -1.83. The molecule has 0 atom stereocenters. The average Bonchev–Trinajstić information content (AvgIpc) is 3.32. The lowest BCUT2D eigenvalue weighted by Gasteiger charge is -2.36. The second kappa shape index (κ2) is 6.51. The van der Waals surface area contributed by atoms with E-state index in [1.807, 2.05) is 24.3 Å². The first-order valence-electron chi connectivity index (χ1n) is 9.30. The van der Waals surface area contributed by atoms with Gasteiger partial charge in [-0.3, -0.25) is 0 Å². The molecular formula is C21H29N3OSi. The highest BCUT2D eigenvalue weighted by molar-refractivity contribution is 6.74.